The van der Waals surface area contributed by atoms with Gasteiger partial charge in [0, 0.05) is 0 Å². The summed E-state index contributed by atoms with van der Waals surface area (Å²) in [6.45, 7) is 9.31. The molecule has 4 aliphatic carbocycles. The van der Waals surface area contributed by atoms with Crippen LogP contribution in [0.3, 0.4) is 0 Å². The first-order valence-electron chi connectivity index (χ1n) is 12.2. The predicted molar refractivity (Wildman–Crippen MR) is 113 cm³/mol. The van der Waals surface area contributed by atoms with Crippen molar-refractivity contribution >= 4 is 5.97 Å². The van der Waals surface area contributed by atoms with Gasteiger partial charge in [0.15, 0.2) is 0 Å². The molecule has 4 aliphatic rings. The van der Waals surface area contributed by atoms with Gasteiger partial charge in [0.2, 0.25) is 0 Å². The molecule has 0 saturated heterocycles. The van der Waals surface area contributed by atoms with Crippen LogP contribution < -0.4 is 0 Å². The smallest absolute Gasteiger partial charge is 0.309 e. The second-order valence-electron chi connectivity index (χ2n) is 11.7. The molecule has 29 heavy (non-hydrogen) atoms. The molecule has 11 atom stereocenters. The Hall–Kier alpha value is -0.610. The van der Waals surface area contributed by atoms with Crippen molar-refractivity contribution in [2.45, 2.75) is 97.7 Å². The fourth-order valence-electron chi connectivity index (χ4n) is 9.14. The minimum Gasteiger partial charge on any atom is -0.481 e. The first-order chi connectivity index (χ1) is 13.6. The van der Waals surface area contributed by atoms with Crippen LogP contribution in [-0.4, -0.2) is 33.5 Å². The number of aliphatic hydroxyl groups excluding tert-OH is 2. The molecule has 3 N–H and O–H groups in total. The van der Waals surface area contributed by atoms with Crippen molar-refractivity contribution in [2.75, 3.05) is 0 Å². The maximum atomic E-state index is 11.8. The molecule has 0 aromatic carbocycles. The molecule has 0 bridgehead atoms. The molecule has 4 fully saturated rings. The first kappa shape index (κ1) is 21.6. The van der Waals surface area contributed by atoms with E-state index in [0.717, 1.165) is 12.8 Å². The van der Waals surface area contributed by atoms with Gasteiger partial charge < -0.3 is 15.3 Å². The van der Waals surface area contributed by atoms with E-state index in [-0.39, 0.29) is 16.9 Å². The average molecular weight is 407 g/mol. The van der Waals surface area contributed by atoms with E-state index in [1.54, 1.807) is 0 Å². The van der Waals surface area contributed by atoms with Gasteiger partial charge in [-0.05, 0) is 91.3 Å². The third-order valence-electron chi connectivity index (χ3n) is 10.6. The molecule has 4 saturated carbocycles. The van der Waals surface area contributed by atoms with Gasteiger partial charge in [-0.25, -0.2) is 0 Å². The summed E-state index contributed by atoms with van der Waals surface area (Å²) in [5.41, 5.74) is -0.0556. The zero-order chi connectivity index (χ0) is 21.1. The van der Waals surface area contributed by atoms with Crippen molar-refractivity contribution < 1.29 is 20.1 Å². The summed E-state index contributed by atoms with van der Waals surface area (Å²) in [5, 5.41) is 31.7. The molecular formula is C25H42O4. The van der Waals surface area contributed by atoms with Crippen LogP contribution in [0, 0.1) is 52.3 Å². The second-order valence-corrected chi connectivity index (χ2v) is 11.7. The van der Waals surface area contributed by atoms with Crippen LogP contribution in [0.25, 0.3) is 0 Å². The molecule has 0 spiro atoms. The highest BCUT2D eigenvalue weighted by Crippen LogP contribution is 2.68. The summed E-state index contributed by atoms with van der Waals surface area (Å²) >= 11 is 0. The number of hydrogen-bond donors (Lipinski definition) is 3. The van der Waals surface area contributed by atoms with Crippen molar-refractivity contribution in [3.63, 3.8) is 0 Å². The summed E-state index contributed by atoms with van der Waals surface area (Å²) < 4.78 is 0. The molecule has 0 aromatic rings. The Morgan fingerprint density at radius 1 is 1.07 bits per heavy atom. The molecule has 0 heterocycles. The quantitative estimate of drug-likeness (QED) is 0.631. The minimum atomic E-state index is -0.852. The van der Waals surface area contributed by atoms with Gasteiger partial charge in [-0.1, -0.05) is 40.5 Å². The van der Waals surface area contributed by atoms with Gasteiger partial charge in [0.25, 0.3) is 0 Å². The highest BCUT2D eigenvalue weighted by molar-refractivity contribution is 5.71. The summed E-state index contributed by atoms with van der Waals surface area (Å²) in [7, 11) is 0. The predicted octanol–water partition coefficient (Wildman–Crippen LogP) is 4.72. The van der Waals surface area contributed by atoms with Crippen molar-refractivity contribution in [3.8, 4) is 0 Å². The molecule has 0 radical (unpaired) electrons. The molecule has 4 rings (SSSR count). The number of hydrogen-bond acceptors (Lipinski definition) is 3. The number of aliphatic carboxylic acids is 1. The first-order valence-corrected chi connectivity index (χ1v) is 12.2. The normalized spacial score (nSPS) is 52.9. The van der Waals surface area contributed by atoms with E-state index in [2.05, 4.69) is 27.7 Å². The number of aliphatic hydroxyl groups is 2. The molecule has 0 amide bonds. The van der Waals surface area contributed by atoms with E-state index in [1.807, 2.05) is 0 Å². The lowest BCUT2D eigenvalue weighted by atomic mass is 9.43. The van der Waals surface area contributed by atoms with Gasteiger partial charge in [-0.15, -0.1) is 0 Å². The van der Waals surface area contributed by atoms with Crippen LogP contribution in [0.15, 0.2) is 0 Å². The Morgan fingerprint density at radius 2 is 1.79 bits per heavy atom. The third kappa shape index (κ3) is 3.11. The highest BCUT2D eigenvalue weighted by Gasteiger charge is 2.64. The lowest BCUT2D eigenvalue weighted by Gasteiger charge is -2.63. The van der Waals surface area contributed by atoms with Gasteiger partial charge in [-0.2, -0.15) is 0 Å². The van der Waals surface area contributed by atoms with E-state index < -0.39 is 18.0 Å². The zero-order valence-corrected chi connectivity index (χ0v) is 18.8. The highest BCUT2D eigenvalue weighted by atomic mass is 16.4. The Balaban J connectivity index is 1.63. The SMILES string of the molecule is CCC[C@@H](C)[C@H]1CC[C@H]2[C@@H]3CC[C@@H]4C[C@H](O)C(C(=O)O)C[C@]4(C)[C@H]3C[C@H](O)[C@]12C. The van der Waals surface area contributed by atoms with Gasteiger partial charge in [-0.3, -0.25) is 4.79 Å². The fourth-order valence-corrected chi connectivity index (χ4v) is 9.14. The maximum absolute atomic E-state index is 11.8. The van der Waals surface area contributed by atoms with Crippen LogP contribution in [0.4, 0.5) is 0 Å². The topological polar surface area (TPSA) is 77.8 Å². The fraction of sp³-hybridized carbons (Fsp3) is 0.960. The monoisotopic (exact) mass is 406 g/mol. The Labute approximate surface area is 176 Å². The molecule has 166 valence electrons. The minimum absolute atomic E-state index is 0.0132. The third-order valence-corrected chi connectivity index (χ3v) is 10.6. The average Bonchev–Trinajstić information content (AvgIpc) is 3.02. The van der Waals surface area contributed by atoms with E-state index in [1.165, 1.54) is 32.1 Å². The largest absolute Gasteiger partial charge is 0.481 e. The number of fused-ring (bicyclic) bond motifs is 5. The van der Waals surface area contributed by atoms with Gasteiger partial charge >= 0.3 is 5.97 Å². The van der Waals surface area contributed by atoms with Crippen LogP contribution >= 0.6 is 0 Å². The zero-order valence-electron chi connectivity index (χ0n) is 18.8. The van der Waals surface area contributed by atoms with Crippen molar-refractivity contribution in [1.82, 2.24) is 0 Å². The van der Waals surface area contributed by atoms with E-state index in [4.69, 9.17) is 0 Å². The Bertz CT molecular complexity index is 634. The lowest BCUT2D eigenvalue weighted by molar-refractivity contribution is -0.189. The number of carboxylic acid groups (broad SMARTS) is 1. The standard InChI is InChI=1S/C25H42O4/c1-5-6-14(2)18-9-10-19-16-8-7-15-11-21(26)17(23(28)29)13-24(15,3)20(16)12-22(27)25(18,19)4/h14-22,26-27H,5-13H2,1-4H3,(H,28,29)/t14-,15-,16+,17?,18-,19+,20+,21+,22+,24+,25-/m1/s1. The van der Waals surface area contributed by atoms with Crippen molar-refractivity contribution in [3.05, 3.63) is 0 Å². The van der Waals surface area contributed by atoms with Crippen LogP contribution in [0.5, 0.6) is 0 Å². The Kier molecular flexibility index (Phi) is 5.60. The van der Waals surface area contributed by atoms with Crippen LogP contribution in [0.1, 0.15) is 85.5 Å². The molecular weight excluding hydrogens is 364 g/mol. The second kappa shape index (κ2) is 7.51. The van der Waals surface area contributed by atoms with Gasteiger partial charge in [0.1, 0.15) is 0 Å². The molecule has 0 aromatic heterocycles. The summed E-state index contributed by atoms with van der Waals surface area (Å²) in [6.07, 6.45) is 8.21. The van der Waals surface area contributed by atoms with Crippen LogP contribution in [-0.2, 0) is 4.79 Å². The molecule has 1 unspecified atom stereocenters. The van der Waals surface area contributed by atoms with E-state index in [9.17, 15) is 20.1 Å². The van der Waals surface area contributed by atoms with Crippen molar-refractivity contribution in [1.29, 1.82) is 0 Å². The van der Waals surface area contributed by atoms with E-state index in [0.29, 0.717) is 48.3 Å². The summed E-state index contributed by atoms with van der Waals surface area (Å²) in [5.74, 6) is 1.71. The number of carboxylic acids is 1. The van der Waals surface area contributed by atoms with Gasteiger partial charge in [0.05, 0.1) is 18.1 Å². The van der Waals surface area contributed by atoms with Crippen molar-refractivity contribution in [2.24, 2.45) is 52.3 Å². The maximum Gasteiger partial charge on any atom is 0.309 e. The number of carbonyl (C=O) groups is 1. The molecule has 4 nitrogen and oxygen atoms in total. The summed E-state index contributed by atoms with van der Waals surface area (Å²) in [6, 6.07) is 0. The number of rotatable bonds is 4. The lowest BCUT2D eigenvalue weighted by Crippen LogP contribution is -2.60. The molecule has 0 aliphatic heterocycles. The summed E-state index contributed by atoms with van der Waals surface area (Å²) in [4.78, 5) is 11.8. The molecule has 4 heteroatoms. The van der Waals surface area contributed by atoms with E-state index >= 15 is 0 Å². The Morgan fingerprint density at radius 3 is 2.45 bits per heavy atom. The van der Waals surface area contributed by atoms with Crippen LogP contribution in [0.2, 0.25) is 0 Å².